The molecule has 1 fully saturated rings. The number of rotatable bonds is 4. The van der Waals surface area contributed by atoms with E-state index in [0.717, 1.165) is 6.54 Å². The van der Waals surface area contributed by atoms with Crippen molar-refractivity contribution in [1.82, 2.24) is 0 Å². The van der Waals surface area contributed by atoms with Gasteiger partial charge >= 0.3 is 0 Å². The van der Waals surface area contributed by atoms with Gasteiger partial charge in [-0.1, -0.05) is 23.7 Å². The Morgan fingerprint density at radius 3 is 2.71 bits per heavy atom. The van der Waals surface area contributed by atoms with Crippen LogP contribution in [0.15, 0.2) is 24.3 Å². The summed E-state index contributed by atoms with van der Waals surface area (Å²) in [6.45, 7) is 3.34. The zero-order chi connectivity index (χ0) is 12.1. The van der Waals surface area contributed by atoms with Crippen molar-refractivity contribution in [3.05, 3.63) is 29.3 Å². The monoisotopic (exact) mass is 253 g/mol. The van der Waals surface area contributed by atoms with E-state index < -0.39 is 0 Å². The van der Waals surface area contributed by atoms with E-state index in [4.69, 9.17) is 11.6 Å². The zero-order valence-electron chi connectivity index (χ0n) is 9.84. The van der Waals surface area contributed by atoms with Gasteiger partial charge in [-0.25, -0.2) is 0 Å². The summed E-state index contributed by atoms with van der Waals surface area (Å²) in [4.78, 5) is 13.3. The summed E-state index contributed by atoms with van der Waals surface area (Å²) in [5.74, 6) is 0.0532. The van der Waals surface area contributed by atoms with Crippen LogP contribution in [0.5, 0.6) is 0 Å². The molecule has 2 N–H and O–H groups in total. The van der Waals surface area contributed by atoms with Crippen molar-refractivity contribution in [1.29, 1.82) is 0 Å². The maximum atomic E-state index is 11.7. The Morgan fingerprint density at radius 1 is 1.29 bits per heavy atom. The number of hydrogen-bond donors (Lipinski definition) is 2. The molecule has 1 amide bonds. The lowest BCUT2D eigenvalue weighted by atomic mass is 10.3. The normalized spacial score (nSPS) is 16.1. The molecule has 0 aliphatic carbocycles. The van der Waals surface area contributed by atoms with Crippen molar-refractivity contribution in [2.75, 3.05) is 25.0 Å². The highest BCUT2D eigenvalue weighted by atomic mass is 35.5. The van der Waals surface area contributed by atoms with E-state index in [1.807, 2.05) is 18.2 Å². The van der Waals surface area contributed by atoms with Crippen LogP contribution in [0.2, 0.25) is 5.02 Å². The third kappa shape index (κ3) is 3.72. The standard InChI is InChI=1S/C13H17ClN2O/c14-11-5-1-2-6-12(11)15-13(17)7-10-16-8-3-4-9-16/h1-2,5-6H,3-4,7-10H2,(H,15,17)/p+1. The van der Waals surface area contributed by atoms with Gasteiger partial charge in [0.15, 0.2) is 0 Å². The number of likely N-dealkylation sites (tertiary alicyclic amines) is 1. The first kappa shape index (κ1) is 12.4. The number of nitrogens with one attached hydrogen (secondary N) is 2. The molecule has 1 heterocycles. The van der Waals surface area contributed by atoms with Crippen LogP contribution in [0, 0.1) is 0 Å². The zero-order valence-corrected chi connectivity index (χ0v) is 10.6. The summed E-state index contributed by atoms with van der Waals surface area (Å²) in [5, 5.41) is 3.44. The quantitative estimate of drug-likeness (QED) is 0.835. The molecule has 0 atom stereocenters. The van der Waals surface area contributed by atoms with Crippen LogP contribution in [0.1, 0.15) is 19.3 Å². The molecule has 0 spiro atoms. The fourth-order valence-corrected chi connectivity index (χ4v) is 2.37. The van der Waals surface area contributed by atoms with E-state index in [1.54, 1.807) is 11.0 Å². The predicted octanol–water partition coefficient (Wildman–Crippen LogP) is 1.35. The molecule has 2 rings (SSSR count). The molecule has 1 aliphatic heterocycles. The first-order chi connectivity index (χ1) is 8.25. The van der Waals surface area contributed by atoms with Gasteiger partial charge < -0.3 is 10.2 Å². The fourth-order valence-electron chi connectivity index (χ4n) is 2.19. The van der Waals surface area contributed by atoms with Crippen LogP contribution in [0.4, 0.5) is 5.69 Å². The van der Waals surface area contributed by atoms with Crippen molar-refractivity contribution < 1.29 is 9.69 Å². The molecule has 1 saturated heterocycles. The fraction of sp³-hybridized carbons (Fsp3) is 0.462. The Hall–Kier alpha value is -1.06. The van der Waals surface area contributed by atoms with E-state index in [9.17, 15) is 4.79 Å². The maximum Gasteiger partial charge on any atom is 0.230 e. The molecular formula is C13H18ClN2O+. The highest BCUT2D eigenvalue weighted by molar-refractivity contribution is 6.33. The van der Waals surface area contributed by atoms with Gasteiger partial charge in [-0.05, 0) is 12.1 Å². The summed E-state index contributed by atoms with van der Waals surface area (Å²) in [6, 6.07) is 7.32. The maximum absolute atomic E-state index is 11.7. The minimum atomic E-state index is 0.0532. The second kappa shape index (κ2) is 6.03. The molecule has 0 unspecified atom stereocenters. The molecule has 17 heavy (non-hydrogen) atoms. The minimum Gasteiger partial charge on any atom is -0.334 e. The summed E-state index contributed by atoms with van der Waals surface area (Å²) in [5.41, 5.74) is 0.704. The van der Waals surface area contributed by atoms with E-state index in [-0.39, 0.29) is 5.91 Å². The van der Waals surface area contributed by atoms with E-state index in [1.165, 1.54) is 25.9 Å². The number of carbonyl (C=O) groups is 1. The minimum absolute atomic E-state index is 0.0532. The van der Waals surface area contributed by atoms with Gasteiger partial charge in [0, 0.05) is 12.8 Å². The number of carbonyl (C=O) groups excluding carboxylic acids is 1. The van der Waals surface area contributed by atoms with Crippen molar-refractivity contribution in [3.8, 4) is 0 Å². The number of para-hydroxylation sites is 1. The van der Waals surface area contributed by atoms with Crippen molar-refractivity contribution in [2.45, 2.75) is 19.3 Å². The van der Waals surface area contributed by atoms with Gasteiger partial charge in [0.25, 0.3) is 0 Å². The van der Waals surface area contributed by atoms with Crippen LogP contribution in [0.3, 0.4) is 0 Å². The van der Waals surface area contributed by atoms with Gasteiger partial charge in [0.05, 0.1) is 36.8 Å². The molecule has 4 heteroatoms. The molecule has 1 aromatic carbocycles. The van der Waals surface area contributed by atoms with Crippen molar-refractivity contribution >= 4 is 23.2 Å². The molecule has 1 aliphatic rings. The topological polar surface area (TPSA) is 33.5 Å². The molecule has 0 radical (unpaired) electrons. The molecule has 0 bridgehead atoms. The highest BCUT2D eigenvalue weighted by Gasteiger charge is 2.16. The number of halogens is 1. The summed E-state index contributed by atoms with van der Waals surface area (Å²) in [7, 11) is 0. The Bertz CT molecular complexity index is 389. The second-order valence-electron chi connectivity index (χ2n) is 4.49. The van der Waals surface area contributed by atoms with E-state index >= 15 is 0 Å². The summed E-state index contributed by atoms with van der Waals surface area (Å²) < 4.78 is 0. The lowest BCUT2D eigenvalue weighted by Gasteiger charge is -2.12. The van der Waals surface area contributed by atoms with Crippen LogP contribution in [-0.4, -0.2) is 25.5 Å². The number of hydrogen-bond acceptors (Lipinski definition) is 1. The van der Waals surface area contributed by atoms with Crippen molar-refractivity contribution in [2.24, 2.45) is 0 Å². The number of anilines is 1. The lowest BCUT2D eigenvalue weighted by Crippen LogP contribution is -3.10. The molecule has 1 aromatic rings. The molecule has 92 valence electrons. The average molecular weight is 254 g/mol. The highest BCUT2D eigenvalue weighted by Crippen LogP contribution is 2.20. The first-order valence-corrected chi connectivity index (χ1v) is 6.51. The smallest absolute Gasteiger partial charge is 0.230 e. The van der Waals surface area contributed by atoms with Gasteiger partial charge in [-0.3, -0.25) is 4.79 Å². The summed E-state index contributed by atoms with van der Waals surface area (Å²) >= 11 is 5.98. The third-order valence-corrected chi connectivity index (χ3v) is 3.49. The number of quaternary nitrogens is 1. The Morgan fingerprint density at radius 2 is 2.00 bits per heavy atom. The number of amides is 1. The number of benzene rings is 1. The largest absolute Gasteiger partial charge is 0.334 e. The van der Waals surface area contributed by atoms with Gasteiger partial charge in [-0.15, -0.1) is 0 Å². The Labute approximate surface area is 107 Å². The molecule has 0 saturated carbocycles. The van der Waals surface area contributed by atoms with Crippen LogP contribution in [0.25, 0.3) is 0 Å². The van der Waals surface area contributed by atoms with Crippen LogP contribution < -0.4 is 10.2 Å². The van der Waals surface area contributed by atoms with Gasteiger partial charge in [0.1, 0.15) is 0 Å². The average Bonchev–Trinajstić information content (AvgIpc) is 2.82. The Kier molecular flexibility index (Phi) is 4.40. The molecule has 3 nitrogen and oxygen atoms in total. The van der Waals surface area contributed by atoms with Gasteiger partial charge in [-0.2, -0.15) is 0 Å². The summed E-state index contributed by atoms with van der Waals surface area (Å²) in [6.07, 6.45) is 3.16. The lowest BCUT2D eigenvalue weighted by molar-refractivity contribution is -0.886. The first-order valence-electron chi connectivity index (χ1n) is 6.13. The third-order valence-electron chi connectivity index (χ3n) is 3.16. The van der Waals surface area contributed by atoms with Crippen LogP contribution >= 0.6 is 11.6 Å². The SMILES string of the molecule is O=C(CC[NH+]1CCCC1)Nc1ccccc1Cl. The van der Waals surface area contributed by atoms with Crippen LogP contribution in [-0.2, 0) is 4.79 Å². The van der Waals surface area contributed by atoms with Gasteiger partial charge in [0.2, 0.25) is 5.91 Å². The second-order valence-corrected chi connectivity index (χ2v) is 4.89. The van der Waals surface area contributed by atoms with E-state index in [0.29, 0.717) is 17.1 Å². The molecule has 0 aromatic heterocycles. The predicted molar refractivity (Wildman–Crippen MR) is 69.5 cm³/mol. The Balaban J connectivity index is 1.79. The van der Waals surface area contributed by atoms with Crippen molar-refractivity contribution in [3.63, 3.8) is 0 Å². The molecular weight excluding hydrogens is 236 g/mol. The van der Waals surface area contributed by atoms with E-state index in [2.05, 4.69) is 5.32 Å².